The highest BCUT2D eigenvalue weighted by atomic mass is 32.2. The fourth-order valence-electron chi connectivity index (χ4n) is 3.00. The zero-order valence-corrected chi connectivity index (χ0v) is 21.5. The van der Waals surface area contributed by atoms with Crippen molar-refractivity contribution < 1.29 is 8.42 Å². The van der Waals surface area contributed by atoms with E-state index in [2.05, 4.69) is 83.9 Å². The molecule has 0 saturated heterocycles. The zero-order valence-electron chi connectivity index (χ0n) is 19.7. The summed E-state index contributed by atoms with van der Waals surface area (Å²) in [6, 6.07) is 8.44. The summed E-state index contributed by atoms with van der Waals surface area (Å²) in [5.41, 5.74) is 3.85. The maximum absolute atomic E-state index is 13.3. The average Bonchev–Trinajstić information content (AvgIpc) is 2.98. The Balaban J connectivity index is 2.59. The Kier molecular flexibility index (Phi) is 6.30. The summed E-state index contributed by atoms with van der Waals surface area (Å²) in [5.74, 6) is 0. The van der Waals surface area contributed by atoms with E-state index in [4.69, 9.17) is 0 Å². The Morgan fingerprint density at radius 3 is 1.93 bits per heavy atom. The van der Waals surface area contributed by atoms with Gasteiger partial charge in [-0.2, -0.15) is 12.7 Å². The molecule has 1 aromatic heterocycles. The molecule has 0 bridgehead atoms. The van der Waals surface area contributed by atoms with Gasteiger partial charge in [0.25, 0.3) is 0 Å². The summed E-state index contributed by atoms with van der Waals surface area (Å²) in [6.45, 7) is 17.5. The van der Waals surface area contributed by atoms with Crippen molar-refractivity contribution in [2.24, 2.45) is 0 Å². The van der Waals surface area contributed by atoms with Crippen LogP contribution in [0.3, 0.4) is 0 Å². The summed E-state index contributed by atoms with van der Waals surface area (Å²) in [6.07, 6.45) is 2.27. The average molecular weight is 436 g/mol. The van der Waals surface area contributed by atoms with Crippen LogP contribution in [0.15, 0.2) is 30.5 Å². The molecule has 7 heteroatoms. The molecule has 0 aliphatic rings. The van der Waals surface area contributed by atoms with Crippen molar-refractivity contribution in [2.75, 3.05) is 14.1 Å². The molecule has 0 aliphatic carbocycles. The summed E-state index contributed by atoms with van der Waals surface area (Å²) in [7, 11) is -2.68. The first kappa shape index (κ1) is 23.8. The van der Waals surface area contributed by atoms with E-state index in [0.29, 0.717) is 17.6 Å². The van der Waals surface area contributed by atoms with Gasteiger partial charge in [0, 0.05) is 26.7 Å². The van der Waals surface area contributed by atoms with E-state index in [0.717, 1.165) is 5.56 Å². The molecule has 0 atom stereocenters. The molecule has 0 saturated carbocycles. The molecule has 1 aromatic carbocycles. The number of hydrogen-bond acceptors (Lipinski definition) is 3. The van der Waals surface area contributed by atoms with Gasteiger partial charge in [0.05, 0.1) is 5.69 Å². The number of rotatable bonds is 5. The van der Waals surface area contributed by atoms with Crippen LogP contribution in [0, 0.1) is 0 Å². The monoisotopic (exact) mass is 435 g/mol. The van der Waals surface area contributed by atoms with Crippen molar-refractivity contribution in [1.29, 1.82) is 0 Å². The molecule has 0 fully saturated rings. The third-order valence-electron chi connectivity index (χ3n) is 6.12. The Labute approximate surface area is 178 Å². The van der Waals surface area contributed by atoms with E-state index in [9.17, 15) is 8.42 Å². The lowest BCUT2D eigenvalue weighted by molar-refractivity contribution is 0.510. The van der Waals surface area contributed by atoms with Crippen LogP contribution >= 0.6 is 0 Å². The SMILES string of the molecule is CN(C)S(=O)(=O)n1c(Cc2ccc(C(C)(C)C)cc2)cnc1[Si](C)(C)C(C)(C)C. The van der Waals surface area contributed by atoms with Crippen LogP contribution in [0.25, 0.3) is 0 Å². The lowest BCUT2D eigenvalue weighted by Gasteiger charge is -2.36. The standard InChI is InChI=1S/C22H37N3O2SSi/c1-21(2,3)18-13-11-17(12-14-18)15-19-16-23-20(29(9,10)22(4,5)6)25(19)28(26,27)24(7)8/h11-14,16H,15H2,1-10H3. The van der Waals surface area contributed by atoms with Gasteiger partial charge in [-0.3, -0.25) is 0 Å². The van der Waals surface area contributed by atoms with Crippen LogP contribution in [0.4, 0.5) is 0 Å². The van der Waals surface area contributed by atoms with Gasteiger partial charge < -0.3 is 0 Å². The van der Waals surface area contributed by atoms with Crippen molar-refractivity contribution in [1.82, 2.24) is 13.3 Å². The fraction of sp³-hybridized carbons (Fsp3) is 0.591. The van der Waals surface area contributed by atoms with E-state index in [-0.39, 0.29) is 10.5 Å². The molecule has 0 spiro atoms. The third kappa shape index (κ3) is 4.67. The van der Waals surface area contributed by atoms with E-state index < -0.39 is 18.3 Å². The molecule has 0 radical (unpaired) electrons. The highest BCUT2D eigenvalue weighted by Crippen LogP contribution is 2.35. The van der Waals surface area contributed by atoms with Crippen LogP contribution in [0.5, 0.6) is 0 Å². The number of hydrogen-bond donors (Lipinski definition) is 0. The second-order valence-electron chi connectivity index (χ2n) is 10.6. The topological polar surface area (TPSA) is 55.2 Å². The first-order chi connectivity index (χ1) is 13.0. The van der Waals surface area contributed by atoms with Gasteiger partial charge in [0.2, 0.25) is 0 Å². The lowest BCUT2D eigenvalue weighted by atomic mass is 9.86. The van der Waals surface area contributed by atoms with Crippen molar-refractivity contribution in [3.8, 4) is 0 Å². The van der Waals surface area contributed by atoms with Gasteiger partial charge >= 0.3 is 10.2 Å². The smallest absolute Gasteiger partial charge is 0.246 e. The summed E-state index contributed by atoms with van der Waals surface area (Å²) in [5, 5.41) is -0.0242. The summed E-state index contributed by atoms with van der Waals surface area (Å²) < 4.78 is 29.3. The van der Waals surface area contributed by atoms with E-state index >= 15 is 0 Å². The predicted molar refractivity (Wildman–Crippen MR) is 125 cm³/mol. The van der Waals surface area contributed by atoms with Gasteiger partial charge in [-0.25, -0.2) is 8.96 Å². The quantitative estimate of drug-likeness (QED) is 0.663. The predicted octanol–water partition coefficient (Wildman–Crippen LogP) is 4.14. The minimum absolute atomic E-state index is 0.0242. The Morgan fingerprint density at radius 2 is 1.52 bits per heavy atom. The molecule has 1 heterocycles. The molecular formula is C22H37N3O2SSi. The molecule has 0 aliphatic heterocycles. The number of aromatic nitrogens is 2. The fourth-order valence-corrected chi connectivity index (χ4v) is 6.74. The Bertz CT molecular complexity index is 961. The van der Waals surface area contributed by atoms with Crippen molar-refractivity contribution in [3.63, 3.8) is 0 Å². The minimum Gasteiger partial charge on any atom is -0.246 e. The minimum atomic E-state index is -3.67. The second kappa shape index (κ2) is 7.67. The molecule has 2 aromatic rings. The maximum atomic E-state index is 13.3. The summed E-state index contributed by atoms with van der Waals surface area (Å²) >= 11 is 0. The molecule has 162 valence electrons. The molecular weight excluding hydrogens is 398 g/mol. The van der Waals surface area contributed by atoms with Gasteiger partial charge in [0.1, 0.15) is 13.5 Å². The second-order valence-corrected chi connectivity index (χ2v) is 17.8. The van der Waals surface area contributed by atoms with Crippen LogP contribution in [0.1, 0.15) is 58.4 Å². The van der Waals surface area contributed by atoms with E-state index in [1.807, 2.05) is 0 Å². The first-order valence-electron chi connectivity index (χ1n) is 10.1. The van der Waals surface area contributed by atoms with Gasteiger partial charge in [0.15, 0.2) is 0 Å². The van der Waals surface area contributed by atoms with Crippen molar-refractivity contribution in [2.45, 2.75) is 71.5 Å². The first-order valence-corrected chi connectivity index (χ1v) is 14.5. The van der Waals surface area contributed by atoms with Gasteiger partial charge in [-0.15, -0.1) is 0 Å². The highest BCUT2D eigenvalue weighted by Gasteiger charge is 2.43. The summed E-state index contributed by atoms with van der Waals surface area (Å²) in [4.78, 5) is 4.67. The molecule has 0 unspecified atom stereocenters. The maximum Gasteiger partial charge on any atom is 0.308 e. The van der Waals surface area contributed by atoms with Crippen LogP contribution in [-0.2, 0) is 22.0 Å². The Hall–Kier alpha value is -1.44. The largest absolute Gasteiger partial charge is 0.308 e. The Morgan fingerprint density at radius 1 is 1.00 bits per heavy atom. The third-order valence-corrected chi connectivity index (χ3v) is 13.3. The molecule has 0 amide bonds. The molecule has 0 N–H and O–H groups in total. The van der Waals surface area contributed by atoms with E-state index in [1.54, 1.807) is 20.3 Å². The van der Waals surface area contributed by atoms with Crippen LogP contribution in [0.2, 0.25) is 18.1 Å². The molecule has 2 rings (SSSR count). The zero-order chi connectivity index (χ0) is 22.4. The molecule has 5 nitrogen and oxygen atoms in total. The number of imidazole rings is 1. The van der Waals surface area contributed by atoms with Crippen molar-refractivity contribution >= 4 is 23.7 Å². The lowest BCUT2D eigenvalue weighted by Crippen LogP contribution is -2.56. The number of benzene rings is 1. The van der Waals surface area contributed by atoms with Crippen LogP contribution < -0.4 is 5.45 Å². The number of nitrogens with zero attached hydrogens (tertiary/aromatic N) is 3. The van der Waals surface area contributed by atoms with Gasteiger partial charge in [-0.05, 0) is 21.6 Å². The van der Waals surface area contributed by atoms with Crippen LogP contribution in [-0.4, -0.2) is 43.8 Å². The van der Waals surface area contributed by atoms with Gasteiger partial charge in [-0.1, -0.05) is 78.9 Å². The highest BCUT2D eigenvalue weighted by molar-refractivity contribution is 7.87. The normalized spacial score (nSPS) is 13.9. The van der Waals surface area contributed by atoms with E-state index in [1.165, 1.54) is 13.8 Å². The molecule has 29 heavy (non-hydrogen) atoms. The van der Waals surface area contributed by atoms with Crippen molar-refractivity contribution in [3.05, 3.63) is 47.3 Å².